The van der Waals surface area contributed by atoms with Crippen LogP contribution in [0.15, 0.2) is 59.8 Å². The quantitative estimate of drug-likeness (QED) is 0.689. The van der Waals surface area contributed by atoms with Gasteiger partial charge in [0.2, 0.25) is 11.1 Å². The monoisotopic (exact) mass is 344 g/mol. The Balaban J connectivity index is 1.58. The number of carbonyl (C=O) groups excluding carboxylic acids is 1. The third kappa shape index (κ3) is 4.12. The van der Waals surface area contributed by atoms with Gasteiger partial charge in [-0.25, -0.2) is 4.98 Å². The molecule has 116 valence electrons. The number of hydrogen-bond donors (Lipinski definition) is 2. The first kappa shape index (κ1) is 15.6. The molecule has 0 bridgehead atoms. The number of amides is 1. The van der Waals surface area contributed by atoms with E-state index >= 15 is 0 Å². The number of halogens is 1. The van der Waals surface area contributed by atoms with Gasteiger partial charge < -0.3 is 5.32 Å². The summed E-state index contributed by atoms with van der Waals surface area (Å²) in [5.41, 5.74) is 1.55. The number of thioether (sulfide) groups is 1. The molecule has 0 saturated carbocycles. The van der Waals surface area contributed by atoms with E-state index in [1.54, 1.807) is 12.1 Å². The zero-order valence-electron chi connectivity index (χ0n) is 12.0. The maximum absolute atomic E-state index is 12.0. The largest absolute Gasteiger partial charge is 0.324 e. The van der Waals surface area contributed by atoms with Crippen LogP contribution in [0.5, 0.6) is 0 Å². The number of H-pyrrole nitrogens is 1. The van der Waals surface area contributed by atoms with Crippen LogP contribution < -0.4 is 5.32 Å². The highest BCUT2D eigenvalue weighted by atomic mass is 35.5. The van der Waals surface area contributed by atoms with Gasteiger partial charge >= 0.3 is 0 Å². The first-order valence-corrected chi connectivity index (χ1v) is 8.24. The third-order valence-corrected chi connectivity index (χ3v) is 4.17. The van der Waals surface area contributed by atoms with Gasteiger partial charge in [-0.1, -0.05) is 65.8 Å². The van der Waals surface area contributed by atoms with Crippen molar-refractivity contribution in [2.75, 3.05) is 11.1 Å². The van der Waals surface area contributed by atoms with Crippen molar-refractivity contribution in [3.05, 3.63) is 59.6 Å². The number of aromatic amines is 1. The Labute approximate surface area is 142 Å². The number of anilines is 1. The van der Waals surface area contributed by atoms with Gasteiger partial charge in [0.05, 0.1) is 16.5 Å². The summed E-state index contributed by atoms with van der Waals surface area (Å²) in [4.78, 5) is 16.3. The molecule has 0 fully saturated rings. The number of para-hydroxylation sites is 1. The molecule has 1 aromatic heterocycles. The van der Waals surface area contributed by atoms with Crippen molar-refractivity contribution in [2.24, 2.45) is 0 Å². The predicted molar refractivity (Wildman–Crippen MR) is 92.6 cm³/mol. The summed E-state index contributed by atoms with van der Waals surface area (Å²) in [5.74, 6) is 0.728. The van der Waals surface area contributed by atoms with Crippen LogP contribution in [0.2, 0.25) is 5.02 Å². The molecule has 0 saturated heterocycles. The van der Waals surface area contributed by atoms with Crippen LogP contribution in [0.1, 0.15) is 0 Å². The molecule has 1 amide bonds. The first-order valence-electron chi connectivity index (χ1n) is 6.87. The summed E-state index contributed by atoms with van der Waals surface area (Å²) in [7, 11) is 0. The first-order chi connectivity index (χ1) is 11.2. The van der Waals surface area contributed by atoms with E-state index in [2.05, 4.69) is 20.5 Å². The normalized spacial score (nSPS) is 10.5. The average molecular weight is 345 g/mol. The molecule has 0 atom stereocenters. The second-order valence-corrected chi connectivity index (χ2v) is 6.00. The maximum atomic E-state index is 12.0. The number of nitrogens with zero attached hydrogens (tertiary/aromatic N) is 2. The molecule has 5 nitrogen and oxygen atoms in total. The van der Waals surface area contributed by atoms with Crippen LogP contribution in [0, 0.1) is 0 Å². The summed E-state index contributed by atoms with van der Waals surface area (Å²) in [6.45, 7) is 0. The summed E-state index contributed by atoms with van der Waals surface area (Å²) >= 11 is 7.27. The van der Waals surface area contributed by atoms with E-state index in [4.69, 9.17) is 11.6 Å². The highest BCUT2D eigenvalue weighted by molar-refractivity contribution is 7.99. The number of aromatic nitrogens is 3. The van der Waals surface area contributed by atoms with Gasteiger partial charge in [0.1, 0.15) is 0 Å². The van der Waals surface area contributed by atoms with Gasteiger partial charge in [-0.3, -0.25) is 9.89 Å². The standard InChI is InChI=1S/C16H13ClN4OS/c17-12-8-4-5-9-13(12)18-14(22)10-23-16-19-15(20-21-16)11-6-2-1-3-7-11/h1-9H,10H2,(H,18,22)(H,19,20,21). The number of nitrogens with one attached hydrogen (secondary N) is 2. The van der Waals surface area contributed by atoms with Crippen LogP contribution in [0.3, 0.4) is 0 Å². The van der Waals surface area contributed by atoms with Crippen molar-refractivity contribution in [3.63, 3.8) is 0 Å². The number of benzene rings is 2. The van der Waals surface area contributed by atoms with Crippen LogP contribution >= 0.6 is 23.4 Å². The summed E-state index contributed by atoms with van der Waals surface area (Å²) in [6.07, 6.45) is 0. The Morgan fingerprint density at radius 3 is 2.65 bits per heavy atom. The topological polar surface area (TPSA) is 70.7 Å². The highest BCUT2D eigenvalue weighted by Gasteiger charge is 2.10. The lowest BCUT2D eigenvalue weighted by molar-refractivity contribution is -0.113. The van der Waals surface area contributed by atoms with Gasteiger partial charge in [-0.05, 0) is 12.1 Å². The number of carbonyl (C=O) groups is 1. The van der Waals surface area contributed by atoms with Crippen LogP contribution in [-0.4, -0.2) is 26.8 Å². The fourth-order valence-corrected chi connectivity index (χ4v) is 2.70. The second-order valence-electron chi connectivity index (χ2n) is 4.65. The van der Waals surface area contributed by atoms with E-state index in [-0.39, 0.29) is 11.7 Å². The van der Waals surface area contributed by atoms with Crippen molar-refractivity contribution < 1.29 is 4.79 Å². The molecule has 0 unspecified atom stereocenters. The Bertz CT molecular complexity index is 807. The molecular weight excluding hydrogens is 332 g/mol. The predicted octanol–water partition coefficient (Wildman–Crippen LogP) is 3.86. The zero-order chi connectivity index (χ0) is 16.1. The molecule has 0 aliphatic rings. The number of rotatable bonds is 5. The molecule has 0 aliphatic carbocycles. The maximum Gasteiger partial charge on any atom is 0.234 e. The van der Waals surface area contributed by atoms with E-state index in [9.17, 15) is 4.79 Å². The van der Waals surface area contributed by atoms with Crippen molar-refractivity contribution >= 4 is 35.0 Å². The van der Waals surface area contributed by atoms with Crippen molar-refractivity contribution in [1.29, 1.82) is 0 Å². The fraction of sp³-hybridized carbons (Fsp3) is 0.0625. The smallest absolute Gasteiger partial charge is 0.234 e. The van der Waals surface area contributed by atoms with E-state index in [0.717, 1.165) is 5.56 Å². The van der Waals surface area contributed by atoms with Crippen LogP contribution in [-0.2, 0) is 4.79 Å². The molecular formula is C16H13ClN4OS. The van der Waals surface area contributed by atoms with Gasteiger partial charge in [0, 0.05) is 5.56 Å². The van der Waals surface area contributed by atoms with E-state index in [0.29, 0.717) is 21.7 Å². The van der Waals surface area contributed by atoms with E-state index in [1.807, 2.05) is 42.5 Å². The molecule has 2 aromatic carbocycles. The highest BCUT2D eigenvalue weighted by Crippen LogP contribution is 2.22. The summed E-state index contributed by atoms with van der Waals surface area (Å²) in [6, 6.07) is 16.8. The lowest BCUT2D eigenvalue weighted by Crippen LogP contribution is -2.14. The lowest BCUT2D eigenvalue weighted by Gasteiger charge is -2.05. The summed E-state index contributed by atoms with van der Waals surface area (Å²) in [5, 5.41) is 10.8. The third-order valence-electron chi connectivity index (χ3n) is 2.99. The Morgan fingerprint density at radius 1 is 1.13 bits per heavy atom. The molecule has 7 heteroatoms. The molecule has 0 aliphatic heterocycles. The van der Waals surface area contributed by atoms with Crippen molar-refractivity contribution in [1.82, 2.24) is 15.2 Å². The second kappa shape index (κ2) is 7.30. The fourth-order valence-electron chi connectivity index (χ4n) is 1.92. The van der Waals surface area contributed by atoms with Crippen LogP contribution in [0.25, 0.3) is 11.4 Å². The Morgan fingerprint density at radius 2 is 1.87 bits per heavy atom. The minimum Gasteiger partial charge on any atom is -0.324 e. The van der Waals surface area contributed by atoms with Crippen LogP contribution in [0.4, 0.5) is 5.69 Å². The van der Waals surface area contributed by atoms with Gasteiger partial charge in [-0.2, -0.15) is 0 Å². The lowest BCUT2D eigenvalue weighted by atomic mass is 10.2. The molecule has 0 spiro atoms. The molecule has 2 N–H and O–H groups in total. The van der Waals surface area contributed by atoms with Crippen molar-refractivity contribution in [3.8, 4) is 11.4 Å². The number of hydrogen-bond acceptors (Lipinski definition) is 4. The van der Waals surface area contributed by atoms with Crippen molar-refractivity contribution in [2.45, 2.75) is 5.16 Å². The molecule has 1 heterocycles. The summed E-state index contributed by atoms with van der Waals surface area (Å²) < 4.78 is 0. The molecule has 3 aromatic rings. The molecule has 3 rings (SSSR count). The van der Waals surface area contributed by atoms with Gasteiger partial charge in [0.15, 0.2) is 5.82 Å². The Hall–Kier alpha value is -2.31. The minimum atomic E-state index is -0.158. The van der Waals surface area contributed by atoms with E-state index < -0.39 is 0 Å². The molecule has 0 radical (unpaired) electrons. The average Bonchev–Trinajstić information content (AvgIpc) is 3.05. The Kier molecular flexibility index (Phi) is 4.95. The SMILES string of the molecule is O=C(CSc1n[nH]c(-c2ccccc2)n1)Nc1ccccc1Cl. The van der Waals surface area contributed by atoms with Gasteiger partial charge in [0.25, 0.3) is 0 Å². The molecule has 23 heavy (non-hydrogen) atoms. The minimum absolute atomic E-state index is 0.158. The van der Waals surface area contributed by atoms with E-state index in [1.165, 1.54) is 11.8 Å². The zero-order valence-corrected chi connectivity index (χ0v) is 13.6. The van der Waals surface area contributed by atoms with Gasteiger partial charge in [-0.15, -0.1) is 5.10 Å².